The predicted octanol–water partition coefficient (Wildman–Crippen LogP) is 6.58. The summed E-state index contributed by atoms with van der Waals surface area (Å²) in [6.07, 6.45) is 13.1. The molecule has 0 bridgehead atoms. The van der Waals surface area contributed by atoms with E-state index in [-0.39, 0.29) is 12.2 Å². The van der Waals surface area contributed by atoms with E-state index < -0.39 is 5.79 Å². The van der Waals surface area contributed by atoms with Gasteiger partial charge in [0, 0.05) is 0 Å². The highest BCUT2D eigenvalue weighted by Crippen LogP contribution is 2.22. The molecule has 0 aromatic heterocycles. The van der Waals surface area contributed by atoms with E-state index in [1.807, 2.05) is 13.0 Å². The lowest BCUT2D eigenvalue weighted by molar-refractivity contribution is -0.233. The number of ether oxygens (including phenoxy) is 2. The monoisotopic (exact) mass is 322 g/mol. The van der Waals surface area contributed by atoms with Gasteiger partial charge in [-0.1, -0.05) is 43.2 Å². The molecule has 0 saturated carbocycles. The van der Waals surface area contributed by atoms with Gasteiger partial charge in [0.1, 0.15) is 0 Å². The maximum atomic E-state index is 6.11. The molecule has 0 N–H and O–H groups in total. The van der Waals surface area contributed by atoms with E-state index in [0.29, 0.717) is 0 Å². The van der Waals surface area contributed by atoms with Gasteiger partial charge in [-0.25, -0.2) is 0 Å². The molecule has 0 aromatic rings. The van der Waals surface area contributed by atoms with Gasteiger partial charge >= 0.3 is 0 Å². The van der Waals surface area contributed by atoms with Gasteiger partial charge in [-0.3, -0.25) is 0 Å². The van der Waals surface area contributed by atoms with Gasteiger partial charge in [-0.05, 0) is 73.3 Å². The van der Waals surface area contributed by atoms with E-state index in [1.54, 1.807) is 0 Å². The Morgan fingerprint density at radius 1 is 1.00 bits per heavy atom. The van der Waals surface area contributed by atoms with Crippen molar-refractivity contribution in [1.29, 1.82) is 0 Å². The van der Waals surface area contributed by atoms with E-state index >= 15 is 0 Å². The Balaban J connectivity index is 4.81. The van der Waals surface area contributed by atoms with Crippen molar-refractivity contribution < 1.29 is 9.47 Å². The van der Waals surface area contributed by atoms with Crippen molar-refractivity contribution in [3.8, 4) is 0 Å². The molecule has 0 aromatic carbocycles. The quantitative estimate of drug-likeness (QED) is 0.243. The Kier molecular flexibility index (Phi) is 11.2. The molecule has 0 heterocycles. The summed E-state index contributed by atoms with van der Waals surface area (Å²) in [5.74, 6) is -0.665. The van der Waals surface area contributed by atoms with E-state index in [4.69, 9.17) is 9.47 Å². The van der Waals surface area contributed by atoms with Crippen LogP contribution in [0.2, 0.25) is 0 Å². The van der Waals surface area contributed by atoms with Crippen LogP contribution < -0.4 is 0 Å². The van der Waals surface area contributed by atoms with Crippen LogP contribution in [-0.2, 0) is 9.47 Å². The summed E-state index contributed by atoms with van der Waals surface area (Å²) in [5, 5.41) is 0. The third-order valence-electron chi connectivity index (χ3n) is 3.89. The van der Waals surface area contributed by atoms with Gasteiger partial charge in [0.15, 0.2) is 5.79 Å². The molecular weight excluding hydrogens is 284 g/mol. The number of rotatable bonds is 11. The largest absolute Gasteiger partial charge is 0.344 e. The summed E-state index contributed by atoms with van der Waals surface area (Å²) in [7, 11) is 0. The van der Waals surface area contributed by atoms with Crippen LogP contribution in [-0.4, -0.2) is 18.0 Å². The fourth-order valence-corrected chi connectivity index (χ4v) is 2.13. The summed E-state index contributed by atoms with van der Waals surface area (Å²) in [6.45, 7) is 16.9. The van der Waals surface area contributed by atoms with Crippen LogP contribution in [0.25, 0.3) is 0 Å². The van der Waals surface area contributed by atoms with Crippen LogP contribution in [0.4, 0.5) is 0 Å². The minimum absolute atomic E-state index is 0.177. The third kappa shape index (κ3) is 11.3. The highest BCUT2D eigenvalue weighted by atomic mass is 16.7. The van der Waals surface area contributed by atoms with E-state index in [9.17, 15) is 0 Å². The molecule has 0 aliphatic carbocycles. The molecule has 2 heteroatoms. The van der Waals surface area contributed by atoms with Crippen molar-refractivity contribution in [2.75, 3.05) is 0 Å². The van der Waals surface area contributed by atoms with Crippen LogP contribution in [0.5, 0.6) is 0 Å². The third-order valence-corrected chi connectivity index (χ3v) is 3.89. The van der Waals surface area contributed by atoms with Crippen molar-refractivity contribution in [1.82, 2.24) is 0 Å². The fraction of sp³-hybridized carbons (Fsp3) is 0.714. The summed E-state index contributed by atoms with van der Waals surface area (Å²) in [5.41, 5.74) is 2.75. The zero-order valence-corrected chi connectivity index (χ0v) is 16.6. The summed E-state index contributed by atoms with van der Waals surface area (Å²) in [4.78, 5) is 0. The van der Waals surface area contributed by atoms with Crippen LogP contribution in [0.3, 0.4) is 0 Å². The van der Waals surface area contributed by atoms with Gasteiger partial charge in [0.05, 0.1) is 12.2 Å². The van der Waals surface area contributed by atoms with Crippen LogP contribution >= 0.6 is 0 Å². The summed E-state index contributed by atoms with van der Waals surface area (Å²) < 4.78 is 12.2. The van der Waals surface area contributed by atoms with Gasteiger partial charge in [-0.2, -0.15) is 0 Å². The van der Waals surface area contributed by atoms with Gasteiger partial charge in [0.25, 0.3) is 0 Å². The topological polar surface area (TPSA) is 18.5 Å². The van der Waals surface area contributed by atoms with Crippen LogP contribution in [0.15, 0.2) is 35.5 Å². The molecule has 134 valence electrons. The highest BCUT2D eigenvalue weighted by Gasteiger charge is 2.26. The SMILES string of the molecule is CCC(C)OC(C)(/C=C/C=C(\C)CCC=C(C)C)OC(C)CC. The average Bonchev–Trinajstić information content (AvgIpc) is 2.46. The normalized spacial score (nSPS) is 17.8. The number of allylic oxidation sites excluding steroid dienone is 5. The molecule has 0 aliphatic rings. The Morgan fingerprint density at radius 3 is 1.96 bits per heavy atom. The predicted molar refractivity (Wildman–Crippen MR) is 102 cm³/mol. The Hall–Kier alpha value is -0.860. The fourth-order valence-electron chi connectivity index (χ4n) is 2.13. The first kappa shape index (κ1) is 22.1. The van der Waals surface area contributed by atoms with Crippen molar-refractivity contribution in [3.05, 3.63) is 35.5 Å². The molecule has 0 aliphatic heterocycles. The van der Waals surface area contributed by atoms with Crippen LogP contribution in [0, 0.1) is 0 Å². The van der Waals surface area contributed by atoms with Crippen molar-refractivity contribution in [2.24, 2.45) is 0 Å². The first-order chi connectivity index (χ1) is 10.7. The maximum absolute atomic E-state index is 6.11. The zero-order valence-electron chi connectivity index (χ0n) is 16.6. The van der Waals surface area contributed by atoms with Gasteiger partial charge < -0.3 is 9.47 Å². The maximum Gasteiger partial charge on any atom is 0.185 e. The minimum Gasteiger partial charge on any atom is -0.344 e. The summed E-state index contributed by atoms with van der Waals surface area (Å²) in [6, 6.07) is 0. The molecule has 0 radical (unpaired) electrons. The molecule has 0 amide bonds. The Labute approximate surface area is 144 Å². The number of hydrogen-bond acceptors (Lipinski definition) is 2. The second-order valence-electron chi connectivity index (χ2n) is 6.88. The van der Waals surface area contributed by atoms with Gasteiger partial charge in [0.2, 0.25) is 0 Å². The first-order valence-corrected chi connectivity index (χ1v) is 9.06. The van der Waals surface area contributed by atoms with Gasteiger partial charge in [-0.15, -0.1) is 0 Å². The second kappa shape index (κ2) is 11.6. The molecule has 0 rings (SSSR count). The smallest absolute Gasteiger partial charge is 0.185 e. The second-order valence-corrected chi connectivity index (χ2v) is 6.88. The molecule has 2 atom stereocenters. The molecular formula is C21H38O2. The lowest BCUT2D eigenvalue weighted by atomic mass is 10.1. The van der Waals surface area contributed by atoms with E-state index in [0.717, 1.165) is 25.7 Å². The first-order valence-electron chi connectivity index (χ1n) is 9.06. The van der Waals surface area contributed by atoms with Crippen molar-refractivity contribution in [3.63, 3.8) is 0 Å². The highest BCUT2D eigenvalue weighted by molar-refractivity contribution is 5.14. The molecule has 2 unspecified atom stereocenters. The lowest BCUT2D eigenvalue weighted by Crippen LogP contribution is -2.36. The molecule has 2 nitrogen and oxygen atoms in total. The van der Waals surface area contributed by atoms with E-state index in [1.165, 1.54) is 11.1 Å². The standard InChI is InChI=1S/C21H38O2/c1-9-19(6)22-21(8,23-20(7)10-2)16-12-15-18(5)14-11-13-17(3)4/h12-13,15-16,19-20H,9-11,14H2,1-8H3/b16-12+,18-15+. The van der Waals surface area contributed by atoms with Crippen LogP contribution in [0.1, 0.15) is 81.1 Å². The summed E-state index contributed by atoms with van der Waals surface area (Å²) >= 11 is 0. The van der Waals surface area contributed by atoms with E-state index in [2.05, 4.69) is 66.7 Å². The van der Waals surface area contributed by atoms with Crippen molar-refractivity contribution in [2.45, 2.75) is 99.1 Å². The number of hydrogen-bond donors (Lipinski definition) is 0. The minimum atomic E-state index is -0.665. The Morgan fingerprint density at radius 2 is 1.52 bits per heavy atom. The molecule has 0 fully saturated rings. The van der Waals surface area contributed by atoms with Crippen molar-refractivity contribution >= 4 is 0 Å². The molecule has 23 heavy (non-hydrogen) atoms. The zero-order chi connectivity index (χ0) is 17.9. The molecule has 0 spiro atoms. The lowest BCUT2D eigenvalue weighted by Gasteiger charge is -2.32. The average molecular weight is 323 g/mol. The Bertz CT molecular complexity index is 388. The molecule has 0 saturated heterocycles.